The van der Waals surface area contributed by atoms with Crippen LogP contribution in [0.4, 0.5) is 4.39 Å². The lowest BCUT2D eigenvalue weighted by molar-refractivity contribution is 0.0729. The first kappa shape index (κ1) is 15.4. The number of amides is 1. The van der Waals surface area contributed by atoms with Gasteiger partial charge in [0.1, 0.15) is 18.0 Å². The van der Waals surface area contributed by atoms with E-state index in [-0.39, 0.29) is 24.6 Å². The summed E-state index contributed by atoms with van der Waals surface area (Å²) in [6, 6.07) is 1.13. The predicted molar refractivity (Wildman–Crippen MR) is 78.4 cm³/mol. The molecule has 2 atom stereocenters. The summed E-state index contributed by atoms with van der Waals surface area (Å²) in [5, 5.41) is 14.2. The minimum Gasteiger partial charge on any atom is -0.482 e. The summed E-state index contributed by atoms with van der Waals surface area (Å²) in [6.45, 7) is 3.01. The number of hydrogen-bond donors (Lipinski definition) is 1. The lowest BCUT2D eigenvalue weighted by Gasteiger charge is -2.16. The SMILES string of the molecule is CCn1cc(O[C@@H]2CN(C(=O)c3cncc(F)c3)C[C@H]2O)cn1. The number of rotatable bonds is 4. The van der Waals surface area contributed by atoms with Crippen molar-refractivity contribution in [1.29, 1.82) is 0 Å². The molecule has 2 aromatic rings. The first-order valence-corrected chi connectivity index (χ1v) is 7.34. The largest absolute Gasteiger partial charge is 0.482 e. The number of aliphatic hydroxyl groups is 1. The molecule has 8 heteroatoms. The molecule has 3 heterocycles. The number of ether oxygens (including phenoxy) is 1. The number of carbonyl (C=O) groups excluding carboxylic acids is 1. The number of carbonyl (C=O) groups is 1. The molecule has 2 aromatic heterocycles. The Morgan fingerprint density at radius 1 is 1.43 bits per heavy atom. The van der Waals surface area contributed by atoms with Gasteiger partial charge >= 0.3 is 0 Å². The molecule has 1 amide bonds. The van der Waals surface area contributed by atoms with Crippen LogP contribution < -0.4 is 4.74 Å². The maximum absolute atomic E-state index is 13.2. The molecule has 1 aliphatic heterocycles. The van der Waals surface area contributed by atoms with E-state index in [4.69, 9.17) is 4.74 Å². The predicted octanol–water partition coefficient (Wildman–Crippen LogP) is 0.701. The van der Waals surface area contributed by atoms with Gasteiger partial charge in [-0.05, 0) is 13.0 Å². The van der Waals surface area contributed by atoms with Crippen molar-refractivity contribution in [3.8, 4) is 5.75 Å². The van der Waals surface area contributed by atoms with E-state index in [0.29, 0.717) is 12.3 Å². The van der Waals surface area contributed by atoms with Gasteiger partial charge in [0.05, 0.1) is 37.2 Å². The van der Waals surface area contributed by atoms with E-state index in [1.165, 1.54) is 11.1 Å². The first-order valence-electron chi connectivity index (χ1n) is 7.34. The smallest absolute Gasteiger partial charge is 0.255 e. The van der Waals surface area contributed by atoms with E-state index < -0.39 is 18.0 Å². The van der Waals surface area contributed by atoms with Gasteiger partial charge in [0.15, 0.2) is 5.75 Å². The molecule has 0 radical (unpaired) electrons. The Morgan fingerprint density at radius 3 is 2.96 bits per heavy atom. The zero-order valence-electron chi connectivity index (χ0n) is 12.6. The second kappa shape index (κ2) is 6.33. The summed E-state index contributed by atoms with van der Waals surface area (Å²) >= 11 is 0. The Kier molecular flexibility index (Phi) is 4.24. The molecule has 3 rings (SSSR count). The van der Waals surface area contributed by atoms with E-state index in [1.807, 2.05) is 6.92 Å². The molecule has 7 nitrogen and oxygen atoms in total. The van der Waals surface area contributed by atoms with Crippen LogP contribution in [0.2, 0.25) is 0 Å². The quantitative estimate of drug-likeness (QED) is 0.897. The summed E-state index contributed by atoms with van der Waals surface area (Å²) in [5.41, 5.74) is 0.150. The molecule has 0 saturated carbocycles. The number of aliphatic hydroxyl groups excluding tert-OH is 1. The molecule has 1 aliphatic rings. The summed E-state index contributed by atoms with van der Waals surface area (Å²) in [6.07, 6.45) is 4.27. The maximum Gasteiger partial charge on any atom is 0.255 e. The van der Waals surface area contributed by atoms with Crippen molar-refractivity contribution in [3.05, 3.63) is 42.2 Å². The highest BCUT2D eigenvalue weighted by atomic mass is 19.1. The van der Waals surface area contributed by atoms with Crippen LogP contribution >= 0.6 is 0 Å². The Labute approximate surface area is 132 Å². The number of aryl methyl sites for hydroxylation is 1. The molecule has 1 saturated heterocycles. The van der Waals surface area contributed by atoms with Gasteiger partial charge in [-0.1, -0.05) is 0 Å². The van der Waals surface area contributed by atoms with Crippen LogP contribution in [-0.4, -0.2) is 56.0 Å². The summed E-state index contributed by atoms with van der Waals surface area (Å²) in [7, 11) is 0. The number of nitrogens with zero attached hydrogens (tertiary/aromatic N) is 4. The van der Waals surface area contributed by atoms with E-state index in [2.05, 4.69) is 10.1 Å². The van der Waals surface area contributed by atoms with Crippen molar-refractivity contribution in [2.24, 2.45) is 0 Å². The van der Waals surface area contributed by atoms with E-state index in [1.54, 1.807) is 17.1 Å². The molecule has 1 N–H and O–H groups in total. The van der Waals surface area contributed by atoms with Crippen LogP contribution in [0.15, 0.2) is 30.9 Å². The Morgan fingerprint density at radius 2 is 2.26 bits per heavy atom. The average Bonchev–Trinajstić information content (AvgIpc) is 3.14. The molecule has 1 fully saturated rings. The van der Waals surface area contributed by atoms with E-state index in [0.717, 1.165) is 12.3 Å². The van der Waals surface area contributed by atoms with Gasteiger partial charge in [-0.25, -0.2) is 4.39 Å². The molecule has 0 bridgehead atoms. The number of β-amino-alcohol motifs (C(OH)–C–C–N with tert-alkyl or cyclic N) is 1. The van der Waals surface area contributed by atoms with Gasteiger partial charge in [0.2, 0.25) is 0 Å². The molecule has 0 aliphatic carbocycles. The highest BCUT2D eigenvalue weighted by Crippen LogP contribution is 2.20. The Bertz CT molecular complexity index is 706. The molecular weight excluding hydrogens is 303 g/mol. The van der Waals surface area contributed by atoms with Crippen LogP contribution in [0.5, 0.6) is 5.75 Å². The summed E-state index contributed by atoms with van der Waals surface area (Å²) < 4.78 is 20.6. The first-order chi connectivity index (χ1) is 11.1. The lowest BCUT2D eigenvalue weighted by atomic mass is 10.2. The minimum atomic E-state index is -0.814. The van der Waals surface area contributed by atoms with Crippen molar-refractivity contribution in [2.75, 3.05) is 13.1 Å². The Balaban J connectivity index is 1.67. The topological polar surface area (TPSA) is 80.5 Å². The van der Waals surface area contributed by atoms with Crippen LogP contribution in [0.25, 0.3) is 0 Å². The van der Waals surface area contributed by atoms with E-state index >= 15 is 0 Å². The highest BCUT2D eigenvalue weighted by molar-refractivity contribution is 5.94. The lowest BCUT2D eigenvalue weighted by Crippen LogP contribution is -2.31. The van der Waals surface area contributed by atoms with Crippen molar-refractivity contribution < 1.29 is 19.0 Å². The third-order valence-corrected chi connectivity index (χ3v) is 3.70. The number of pyridine rings is 1. The van der Waals surface area contributed by atoms with Crippen molar-refractivity contribution in [1.82, 2.24) is 19.7 Å². The normalized spacial score (nSPS) is 20.7. The fraction of sp³-hybridized carbons (Fsp3) is 0.400. The van der Waals surface area contributed by atoms with Gasteiger partial charge < -0.3 is 14.7 Å². The molecule has 122 valence electrons. The third kappa shape index (κ3) is 3.31. The molecular formula is C15H17FN4O3. The summed E-state index contributed by atoms with van der Waals surface area (Å²) in [5.74, 6) is -0.417. The molecule has 23 heavy (non-hydrogen) atoms. The minimum absolute atomic E-state index is 0.127. The fourth-order valence-corrected chi connectivity index (χ4v) is 2.50. The molecule has 0 spiro atoms. The third-order valence-electron chi connectivity index (χ3n) is 3.70. The number of halogens is 1. The summed E-state index contributed by atoms with van der Waals surface area (Å²) in [4.78, 5) is 17.4. The standard InChI is InChI=1S/C15H17FN4O3/c1-2-20-7-12(6-18-20)23-14-9-19(8-13(14)21)15(22)10-3-11(16)5-17-4-10/h3-7,13-14,21H,2,8-9H2,1H3/t13-,14-/m1/s1. The van der Waals surface area contributed by atoms with E-state index in [9.17, 15) is 14.3 Å². The van der Waals surface area contributed by atoms with Crippen LogP contribution in [0, 0.1) is 5.82 Å². The zero-order valence-corrected chi connectivity index (χ0v) is 12.6. The van der Waals surface area contributed by atoms with Gasteiger partial charge in [-0.2, -0.15) is 5.10 Å². The van der Waals surface area contributed by atoms with Gasteiger partial charge in [-0.15, -0.1) is 0 Å². The zero-order chi connectivity index (χ0) is 16.4. The fourth-order valence-electron chi connectivity index (χ4n) is 2.50. The second-order valence-electron chi connectivity index (χ2n) is 5.36. The van der Waals surface area contributed by atoms with Crippen molar-refractivity contribution >= 4 is 5.91 Å². The average molecular weight is 320 g/mol. The highest BCUT2D eigenvalue weighted by Gasteiger charge is 2.36. The number of hydrogen-bond acceptors (Lipinski definition) is 5. The monoisotopic (exact) mass is 320 g/mol. The number of aromatic nitrogens is 3. The van der Waals surface area contributed by atoms with Crippen molar-refractivity contribution in [2.45, 2.75) is 25.7 Å². The van der Waals surface area contributed by atoms with Crippen LogP contribution in [0.3, 0.4) is 0 Å². The van der Waals surface area contributed by atoms with Crippen LogP contribution in [0.1, 0.15) is 17.3 Å². The molecule has 0 unspecified atom stereocenters. The van der Waals surface area contributed by atoms with Crippen molar-refractivity contribution in [3.63, 3.8) is 0 Å². The maximum atomic E-state index is 13.2. The van der Waals surface area contributed by atoms with Gasteiger partial charge in [-0.3, -0.25) is 14.5 Å². The van der Waals surface area contributed by atoms with Gasteiger partial charge in [0, 0.05) is 12.7 Å². The second-order valence-corrected chi connectivity index (χ2v) is 5.36. The Hall–Kier alpha value is -2.48. The van der Waals surface area contributed by atoms with Gasteiger partial charge in [0.25, 0.3) is 5.91 Å². The van der Waals surface area contributed by atoms with Crippen LogP contribution in [-0.2, 0) is 6.54 Å². The molecule has 0 aromatic carbocycles. The number of likely N-dealkylation sites (tertiary alicyclic amines) is 1.